The molecule has 1 rings (SSSR count). The molecule has 0 saturated heterocycles. The molecule has 0 aliphatic heterocycles. The second-order valence-corrected chi connectivity index (χ2v) is 5.17. The van der Waals surface area contributed by atoms with Crippen LogP contribution in [0.4, 0.5) is 0 Å². The highest BCUT2D eigenvalue weighted by Gasteiger charge is 2.23. The predicted octanol–water partition coefficient (Wildman–Crippen LogP) is 1.20. The standard InChI is InChI=1S/C12H21N3OS/c1-4-14-11(16)8-15(3)12(9(2)13)10-6-5-7-17-10/h5-7,9,12H,4,8,13H2,1-3H3,(H,14,16). The Morgan fingerprint density at radius 3 is 2.82 bits per heavy atom. The van der Waals surface area contributed by atoms with Crippen LogP contribution in [0.15, 0.2) is 17.5 Å². The molecule has 0 bridgehead atoms. The van der Waals surface area contributed by atoms with Crippen molar-refractivity contribution in [3.05, 3.63) is 22.4 Å². The van der Waals surface area contributed by atoms with E-state index in [1.54, 1.807) is 11.3 Å². The zero-order chi connectivity index (χ0) is 12.8. The molecule has 0 fully saturated rings. The van der Waals surface area contributed by atoms with Gasteiger partial charge in [0.2, 0.25) is 5.91 Å². The van der Waals surface area contributed by atoms with E-state index in [0.29, 0.717) is 13.1 Å². The lowest BCUT2D eigenvalue weighted by Crippen LogP contribution is -2.42. The quantitative estimate of drug-likeness (QED) is 0.803. The van der Waals surface area contributed by atoms with Gasteiger partial charge in [-0.25, -0.2) is 0 Å². The smallest absolute Gasteiger partial charge is 0.234 e. The summed E-state index contributed by atoms with van der Waals surface area (Å²) in [6.07, 6.45) is 0. The summed E-state index contributed by atoms with van der Waals surface area (Å²) in [6.45, 7) is 4.92. The Morgan fingerprint density at radius 1 is 1.65 bits per heavy atom. The van der Waals surface area contributed by atoms with Gasteiger partial charge in [0.25, 0.3) is 0 Å². The van der Waals surface area contributed by atoms with Crippen molar-refractivity contribution in [1.82, 2.24) is 10.2 Å². The van der Waals surface area contributed by atoms with Gasteiger partial charge >= 0.3 is 0 Å². The summed E-state index contributed by atoms with van der Waals surface area (Å²) in [5.41, 5.74) is 6.01. The lowest BCUT2D eigenvalue weighted by atomic mass is 10.1. The minimum absolute atomic E-state index is 0.00641. The van der Waals surface area contributed by atoms with E-state index in [4.69, 9.17) is 5.73 Å². The molecular weight excluding hydrogens is 234 g/mol. The molecule has 2 atom stereocenters. The Hall–Kier alpha value is -0.910. The third-order valence-electron chi connectivity index (χ3n) is 2.57. The molecule has 5 heteroatoms. The molecule has 17 heavy (non-hydrogen) atoms. The van der Waals surface area contributed by atoms with E-state index in [1.165, 1.54) is 4.88 Å². The maximum atomic E-state index is 11.6. The van der Waals surface area contributed by atoms with E-state index in [2.05, 4.69) is 11.4 Å². The Bertz CT molecular complexity index is 338. The van der Waals surface area contributed by atoms with Crippen LogP contribution in [0.25, 0.3) is 0 Å². The first-order valence-electron chi connectivity index (χ1n) is 5.82. The minimum Gasteiger partial charge on any atom is -0.355 e. The molecule has 0 saturated carbocycles. The number of likely N-dealkylation sites (N-methyl/N-ethyl adjacent to an activating group) is 2. The van der Waals surface area contributed by atoms with Crippen LogP contribution in [0.1, 0.15) is 24.8 Å². The summed E-state index contributed by atoms with van der Waals surface area (Å²) in [5, 5.41) is 4.83. The number of nitrogens with two attached hydrogens (primary N) is 1. The molecule has 1 aromatic heterocycles. The molecule has 96 valence electrons. The third-order valence-corrected chi connectivity index (χ3v) is 3.52. The lowest BCUT2D eigenvalue weighted by Gasteiger charge is -2.29. The highest BCUT2D eigenvalue weighted by Crippen LogP contribution is 2.26. The van der Waals surface area contributed by atoms with Crippen molar-refractivity contribution in [3.8, 4) is 0 Å². The largest absolute Gasteiger partial charge is 0.355 e. The Morgan fingerprint density at radius 2 is 2.35 bits per heavy atom. The molecule has 1 amide bonds. The Kier molecular flexibility index (Phi) is 5.61. The van der Waals surface area contributed by atoms with E-state index in [1.807, 2.05) is 37.2 Å². The van der Waals surface area contributed by atoms with Gasteiger partial charge in [-0.2, -0.15) is 0 Å². The van der Waals surface area contributed by atoms with Crippen molar-refractivity contribution >= 4 is 17.2 Å². The molecular formula is C12H21N3OS. The number of amides is 1. The van der Waals surface area contributed by atoms with E-state index in [0.717, 1.165) is 0 Å². The van der Waals surface area contributed by atoms with Crippen LogP contribution < -0.4 is 11.1 Å². The number of carbonyl (C=O) groups excluding carboxylic acids is 1. The summed E-state index contributed by atoms with van der Waals surface area (Å²) in [4.78, 5) is 14.8. The van der Waals surface area contributed by atoms with Crippen molar-refractivity contribution in [2.75, 3.05) is 20.1 Å². The Balaban J connectivity index is 2.68. The summed E-state index contributed by atoms with van der Waals surface area (Å²) < 4.78 is 0. The molecule has 0 aromatic carbocycles. The first kappa shape index (κ1) is 14.2. The average molecular weight is 255 g/mol. The fraction of sp³-hybridized carbons (Fsp3) is 0.583. The zero-order valence-corrected chi connectivity index (χ0v) is 11.5. The number of hydrogen-bond acceptors (Lipinski definition) is 4. The van der Waals surface area contributed by atoms with Gasteiger partial charge in [-0.05, 0) is 32.3 Å². The van der Waals surface area contributed by atoms with Crippen LogP contribution >= 0.6 is 11.3 Å². The first-order valence-corrected chi connectivity index (χ1v) is 6.70. The summed E-state index contributed by atoms with van der Waals surface area (Å²) in [7, 11) is 1.93. The van der Waals surface area contributed by atoms with Crippen molar-refractivity contribution in [3.63, 3.8) is 0 Å². The minimum atomic E-state index is -0.00641. The highest BCUT2D eigenvalue weighted by molar-refractivity contribution is 7.10. The van der Waals surface area contributed by atoms with Crippen LogP contribution in [-0.2, 0) is 4.79 Å². The van der Waals surface area contributed by atoms with Gasteiger partial charge in [-0.1, -0.05) is 6.07 Å². The number of nitrogens with one attached hydrogen (secondary N) is 1. The van der Waals surface area contributed by atoms with Gasteiger partial charge in [0, 0.05) is 17.5 Å². The number of hydrogen-bond donors (Lipinski definition) is 2. The van der Waals surface area contributed by atoms with E-state index in [-0.39, 0.29) is 18.0 Å². The van der Waals surface area contributed by atoms with Crippen LogP contribution in [0.2, 0.25) is 0 Å². The second kappa shape index (κ2) is 6.74. The fourth-order valence-electron chi connectivity index (χ4n) is 1.92. The van der Waals surface area contributed by atoms with E-state index >= 15 is 0 Å². The summed E-state index contributed by atoms with van der Waals surface area (Å²) in [5.74, 6) is 0.0391. The van der Waals surface area contributed by atoms with Gasteiger partial charge in [0.15, 0.2) is 0 Å². The van der Waals surface area contributed by atoms with Crippen molar-refractivity contribution in [2.45, 2.75) is 25.9 Å². The molecule has 0 spiro atoms. The predicted molar refractivity (Wildman–Crippen MR) is 72.0 cm³/mol. The summed E-state index contributed by atoms with van der Waals surface area (Å²) in [6, 6.07) is 4.16. The molecule has 3 N–H and O–H groups in total. The van der Waals surface area contributed by atoms with Gasteiger partial charge in [0.05, 0.1) is 12.6 Å². The van der Waals surface area contributed by atoms with Crippen molar-refractivity contribution < 1.29 is 4.79 Å². The molecule has 4 nitrogen and oxygen atoms in total. The molecule has 0 aliphatic rings. The SMILES string of the molecule is CCNC(=O)CN(C)C(c1cccs1)C(C)N. The third kappa shape index (κ3) is 4.11. The zero-order valence-electron chi connectivity index (χ0n) is 10.6. The van der Waals surface area contributed by atoms with Gasteiger partial charge in [-0.3, -0.25) is 9.69 Å². The van der Waals surface area contributed by atoms with Gasteiger partial charge in [-0.15, -0.1) is 11.3 Å². The van der Waals surface area contributed by atoms with E-state index < -0.39 is 0 Å². The maximum absolute atomic E-state index is 11.6. The lowest BCUT2D eigenvalue weighted by molar-refractivity contribution is -0.122. The molecule has 2 unspecified atom stereocenters. The van der Waals surface area contributed by atoms with Crippen LogP contribution in [0.5, 0.6) is 0 Å². The summed E-state index contributed by atoms with van der Waals surface area (Å²) >= 11 is 1.67. The Labute approximate surface area is 107 Å². The second-order valence-electron chi connectivity index (χ2n) is 4.19. The maximum Gasteiger partial charge on any atom is 0.234 e. The number of rotatable bonds is 6. The number of nitrogens with zero attached hydrogens (tertiary/aromatic N) is 1. The molecule has 0 radical (unpaired) electrons. The molecule has 0 aliphatic carbocycles. The van der Waals surface area contributed by atoms with Gasteiger partial charge in [0.1, 0.15) is 0 Å². The number of carbonyl (C=O) groups is 1. The van der Waals surface area contributed by atoms with Crippen molar-refractivity contribution in [1.29, 1.82) is 0 Å². The topological polar surface area (TPSA) is 58.4 Å². The fourth-order valence-corrected chi connectivity index (χ4v) is 2.92. The molecule has 1 heterocycles. The normalized spacial score (nSPS) is 14.6. The monoisotopic (exact) mass is 255 g/mol. The van der Waals surface area contributed by atoms with Gasteiger partial charge < -0.3 is 11.1 Å². The van der Waals surface area contributed by atoms with Crippen LogP contribution in [0.3, 0.4) is 0 Å². The first-order chi connectivity index (χ1) is 8.06. The van der Waals surface area contributed by atoms with Crippen LogP contribution in [0, 0.1) is 0 Å². The number of thiophene rings is 1. The highest BCUT2D eigenvalue weighted by atomic mass is 32.1. The average Bonchev–Trinajstić information content (AvgIpc) is 2.70. The molecule has 1 aromatic rings. The van der Waals surface area contributed by atoms with Crippen LogP contribution in [-0.4, -0.2) is 37.0 Å². The van der Waals surface area contributed by atoms with E-state index in [9.17, 15) is 4.79 Å². The van der Waals surface area contributed by atoms with Crippen molar-refractivity contribution in [2.24, 2.45) is 5.73 Å².